The zero-order valence-corrected chi connectivity index (χ0v) is 11.7. The Morgan fingerprint density at radius 1 is 1.45 bits per heavy atom. The molecule has 1 aliphatic heterocycles. The number of likely N-dealkylation sites (tertiary alicyclic amines) is 1. The van der Waals surface area contributed by atoms with Crippen LogP contribution < -0.4 is 0 Å². The quantitative estimate of drug-likeness (QED) is 0.802. The lowest BCUT2D eigenvalue weighted by Gasteiger charge is -2.12. The lowest BCUT2D eigenvalue weighted by atomic mass is 9.99. The van der Waals surface area contributed by atoms with Crippen LogP contribution >= 0.6 is 0 Å². The number of esters is 1. The highest BCUT2D eigenvalue weighted by Gasteiger charge is 2.35. The van der Waals surface area contributed by atoms with Crippen molar-refractivity contribution < 1.29 is 13.9 Å². The molecule has 0 spiro atoms. The van der Waals surface area contributed by atoms with E-state index >= 15 is 0 Å². The fourth-order valence-electron chi connectivity index (χ4n) is 2.83. The molecule has 106 valence electrons. The molecule has 1 aromatic carbocycles. The van der Waals surface area contributed by atoms with E-state index in [0.29, 0.717) is 24.9 Å². The number of carbonyl (C=O) groups excluding carboxylic acids is 1. The van der Waals surface area contributed by atoms with Gasteiger partial charge < -0.3 is 9.15 Å². The number of nitrogens with zero attached hydrogens (tertiary/aromatic N) is 2. The van der Waals surface area contributed by atoms with Crippen LogP contribution in [-0.4, -0.2) is 36.1 Å². The van der Waals surface area contributed by atoms with Crippen molar-refractivity contribution in [1.29, 1.82) is 0 Å². The lowest BCUT2D eigenvalue weighted by molar-refractivity contribution is -0.146. The van der Waals surface area contributed by atoms with Crippen molar-refractivity contribution in [1.82, 2.24) is 9.88 Å². The number of hydrogen-bond donors (Lipinski definition) is 0. The fourth-order valence-corrected chi connectivity index (χ4v) is 2.83. The molecular weight excluding hydrogens is 256 g/mol. The Morgan fingerprint density at radius 3 is 3.00 bits per heavy atom. The molecule has 0 bridgehead atoms. The minimum Gasteiger partial charge on any atom is -0.469 e. The van der Waals surface area contributed by atoms with Gasteiger partial charge in [-0.2, -0.15) is 0 Å². The van der Waals surface area contributed by atoms with Gasteiger partial charge in [-0.1, -0.05) is 19.1 Å². The SMILES string of the molecule is COC(=O)C1CN(Cc2nc3ccccc3o2)CC1C. The van der Waals surface area contributed by atoms with Crippen LogP contribution in [-0.2, 0) is 16.1 Å². The summed E-state index contributed by atoms with van der Waals surface area (Å²) in [6, 6.07) is 7.73. The van der Waals surface area contributed by atoms with Gasteiger partial charge in [-0.25, -0.2) is 4.98 Å². The van der Waals surface area contributed by atoms with Crippen LogP contribution in [0, 0.1) is 11.8 Å². The van der Waals surface area contributed by atoms with E-state index in [1.807, 2.05) is 24.3 Å². The first-order chi connectivity index (χ1) is 9.67. The molecule has 2 atom stereocenters. The van der Waals surface area contributed by atoms with Crippen LogP contribution in [0.3, 0.4) is 0 Å². The maximum absolute atomic E-state index is 11.7. The van der Waals surface area contributed by atoms with Crippen LogP contribution in [0.2, 0.25) is 0 Å². The maximum Gasteiger partial charge on any atom is 0.310 e. The predicted octanol–water partition coefficient (Wildman–Crippen LogP) is 2.07. The molecule has 2 heterocycles. The summed E-state index contributed by atoms with van der Waals surface area (Å²) >= 11 is 0. The molecule has 1 aliphatic rings. The van der Waals surface area contributed by atoms with Crippen LogP contribution in [0.5, 0.6) is 0 Å². The number of rotatable bonds is 3. The first kappa shape index (κ1) is 13.1. The van der Waals surface area contributed by atoms with Crippen molar-refractivity contribution >= 4 is 17.1 Å². The molecular formula is C15H18N2O3. The van der Waals surface area contributed by atoms with E-state index in [1.165, 1.54) is 7.11 Å². The summed E-state index contributed by atoms with van der Waals surface area (Å²) in [4.78, 5) is 18.3. The Kier molecular flexibility index (Phi) is 3.44. The smallest absolute Gasteiger partial charge is 0.310 e. The van der Waals surface area contributed by atoms with E-state index in [-0.39, 0.29) is 11.9 Å². The number of aromatic nitrogens is 1. The van der Waals surface area contributed by atoms with Gasteiger partial charge in [0, 0.05) is 13.1 Å². The van der Waals surface area contributed by atoms with Gasteiger partial charge in [-0.05, 0) is 18.1 Å². The molecule has 2 aromatic rings. The zero-order valence-electron chi connectivity index (χ0n) is 11.7. The number of benzene rings is 1. The standard InChI is InChI=1S/C15H18N2O3/c1-10-7-17(8-11(10)15(18)19-2)9-14-16-12-5-3-4-6-13(12)20-14/h3-6,10-11H,7-9H2,1-2H3. The highest BCUT2D eigenvalue weighted by Crippen LogP contribution is 2.26. The van der Waals surface area contributed by atoms with Gasteiger partial charge in [0.2, 0.25) is 5.89 Å². The number of methoxy groups -OCH3 is 1. The lowest BCUT2D eigenvalue weighted by Crippen LogP contribution is -2.24. The zero-order chi connectivity index (χ0) is 14.1. The molecule has 0 saturated carbocycles. The molecule has 1 saturated heterocycles. The molecule has 1 fully saturated rings. The maximum atomic E-state index is 11.7. The van der Waals surface area contributed by atoms with E-state index < -0.39 is 0 Å². The molecule has 5 nitrogen and oxygen atoms in total. The molecule has 0 radical (unpaired) electrons. The normalized spacial score (nSPS) is 23.3. The van der Waals surface area contributed by atoms with E-state index in [9.17, 15) is 4.79 Å². The fraction of sp³-hybridized carbons (Fsp3) is 0.467. The van der Waals surface area contributed by atoms with E-state index in [0.717, 1.165) is 17.6 Å². The van der Waals surface area contributed by atoms with Crippen molar-refractivity contribution in [3.05, 3.63) is 30.2 Å². The van der Waals surface area contributed by atoms with Crippen LogP contribution in [0.25, 0.3) is 11.1 Å². The third-order valence-corrected chi connectivity index (χ3v) is 3.89. The number of ether oxygens (including phenoxy) is 1. The second-order valence-corrected chi connectivity index (χ2v) is 5.38. The molecule has 20 heavy (non-hydrogen) atoms. The van der Waals surface area contributed by atoms with E-state index in [4.69, 9.17) is 9.15 Å². The molecule has 5 heteroatoms. The summed E-state index contributed by atoms with van der Waals surface area (Å²) < 4.78 is 10.6. The van der Waals surface area contributed by atoms with Crippen molar-refractivity contribution in [2.75, 3.05) is 20.2 Å². The minimum absolute atomic E-state index is 0.0515. The molecule has 0 aliphatic carbocycles. The summed E-state index contributed by atoms with van der Waals surface area (Å²) in [7, 11) is 1.44. The second kappa shape index (κ2) is 5.25. The third-order valence-electron chi connectivity index (χ3n) is 3.89. The van der Waals surface area contributed by atoms with Crippen molar-refractivity contribution in [3.8, 4) is 0 Å². The predicted molar refractivity (Wildman–Crippen MR) is 74.0 cm³/mol. The molecule has 1 aromatic heterocycles. The highest BCUT2D eigenvalue weighted by molar-refractivity contribution is 5.73. The number of carbonyl (C=O) groups is 1. The average molecular weight is 274 g/mol. The number of para-hydroxylation sites is 2. The number of fused-ring (bicyclic) bond motifs is 1. The average Bonchev–Trinajstić information content (AvgIpc) is 3.01. The van der Waals surface area contributed by atoms with Crippen LogP contribution in [0.1, 0.15) is 12.8 Å². The molecule has 0 N–H and O–H groups in total. The third kappa shape index (κ3) is 2.41. The minimum atomic E-state index is -0.127. The largest absolute Gasteiger partial charge is 0.469 e. The first-order valence-corrected chi connectivity index (χ1v) is 6.82. The summed E-state index contributed by atoms with van der Waals surface area (Å²) in [6.45, 7) is 4.27. The Hall–Kier alpha value is -1.88. The van der Waals surface area contributed by atoms with Gasteiger partial charge in [0.1, 0.15) is 5.52 Å². The molecule has 2 unspecified atom stereocenters. The summed E-state index contributed by atoms with van der Waals surface area (Å²) in [5.41, 5.74) is 1.68. The Morgan fingerprint density at radius 2 is 2.25 bits per heavy atom. The Balaban J connectivity index is 1.71. The van der Waals surface area contributed by atoms with Gasteiger partial charge >= 0.3 is 5.97 Å². The van der Waals surface area contributed by atoms with E-state index in [1.54, 1.807) is 0 Å². The number of hydrogen-bond acceptors (Lipinski definition) is 5. The summed E-state index contributed by atoms with van der Waals surface area (Å²) in [5.74, 6) is 0.817. The monoisotopic (exact) mass is 274 g/mol. The topological polar surface area (TPSA) is 55.6 Å². The van der Waals surface area contributed by atoms with Crippen LogP contribution in [0.15, 0.2) is 28.7 Å². The van der Waals surface area contributed by atoms with Crippen molar-refractivity contribution in [2.24, 2.45) is 11.8 Å². The summed E-state index contributed by atoms with van der Waals surface area (Å²) in [6.07, 6.45) is 0. The van der Waals surface area contributed by atoms with Gasteiger partial charge in [0.25, 0.3) is 0 Å². The van der Waals surface area contributed by atoms with Crippen molar-refractivity contribution in [3.63, 3.8) is 0 Å². The van der Waals surface area contributed by atoms with E-state index in [2.05, 4.69) is 16.8 Å². The van der Waals surface area contributed by atoms with Crippen molar-refractivity contribution in [2.45, 2.75) is 13.5 Å². The highest BCUT2D eigenvalue weighted by atomic mass is 16.5. The van der Waals surface area contributed by atoms with Gasteiger partial charge in [-0.15, -0.1) is 0 Å². The first-order valence-electron chi connectivity index (χ1n) is 6.82. The van der Waals surface area contributed by atoms with Gasteiger partial charge in [-0.3, -0.25) is 9.69 Å². The van der Waals surface area contributed by atoms with Gasteiger partial charge in [0.05, 0.1) is 19.6 Å². The second-order valence-electron chi connectivity index (χ2n) is 5.38. The number of oxazole rings is 1. The van der Waals surface area contributed by atoms with Crippen LogP contribution in [0.4, 0.5) is 0 Å². The summed E-state index contributed by atoms with van der Waals surface area (Å²) in [5, 5.41) is 0. The Labute approximate surface area is 117 Å². The molecule has 3 rings (SSSR count). The molecule has 0 amide bonds. The Bertz CT molecular complexity index is 589. The van der Waals surface area contributed by atoms with Gasteiger partial charge in [0.15, 0.2) is 5.58 Å².